The van der Waals surface area contributed by atoms with Crippen molar-refractivity contribution < 1.29 is 39.5 Å². The van der Waals surface area contributed by atoms with Crippen LogP contribution in [-0.2, 0) is 22.6 Å². The second-order valence-electron chi connectivity index (χ2n) is 13.9. The number of hydrogen-bond acceptors (Lipinski definition) is 10. The summed E-state index contributed by atoms with van der Waals surface area (Å²) in [4.78, 5) is 41.0. The van der Waals surface area contributed by atoms with Gasteiger partial charge in [0.2, 0.25) is 5.78 Å². The number of carbonyl (C=O) groups excluding carboxylic acids is 3. The number of likely N-dealkylation sites (N-methyl/N-ethyl adjacent to an activating group) is 1. The molecule has 1 aromatic carbocycles. The van der Waals surface area contributed by atoms with Crippen molar-refractivity contribution in [3.63, 3.8) is 0 Å². The van der Waals surface area contributed by atoms with E-state index in [-0.39, 0.29) is 40.7 Å². The molecular weight excluding hydrogens is 542 g/mol. The highest BCUT2D eigenvalue weighted by molar-refractivity contribution is 6.24. The summed E-state index contributed by atoms with van der Waals surface area (Å²) < 4.78 is 5.79. The molecule has 0 aromatic heterocycles. The zero-order valence-electron chi connectivity index (χ0n) is 25.6. The predicted octanol–water partition coefficient (Wildman–Crippen LogP) is 2.43. The zero-order valence-corrected chi connectivity index (χ0v) is 25.6. The van der Waals surface area contributed by atoms with Crippen molar-refractivity contribution in [3.05, 3.63) is 45.4 Å². The number of benzene rings is 1. The number of phenolic OH excluding ortho intramolecular Hbond substituents is 1. The standard InChI is InChI=1S/C31H43N3O8/c1-29(2,3)13-30(4,5)33-12-15-11-18(35)20-16(25(15)42-8)9-14-10-17-22(34(6)7)24(37)21(28(32)40)27(39)31(17,41)26(38)19(14)23(20)36/h11,14,17,22,33,35,37-38,41H,9-10,12-13H2,1-8H3,(H2,32,40)/t14-,17-,22-,31-/m0/s1. The monoisotopic (exact) mass is 585 g/mol. The molecule has 11 heteroatoms. The molecule has 0 bridgehead atoms. The van der Waals surface area contributed by atoms with Crippen molar-refractivity contribution in [2.24, 2.45) is 23.0 Å². The number of methoxy groups -OCH3 is 1. The molecule has 3 aliphatic carbocycles. The van der Waals surface area contributed by atoms with Gasteiger partial charge in [-0.15, -0.1) is 0 Å². The fourth-order valence-corrected chi connectivity index (χ4v) is 7.47. The molecule has 42 heavy (non-hydrogen) atoms. The number of ether oxygens (including phenoxy) is 1. The van der Waals surface area contributed by atoms with Gasteiger partial charge in [-0.25, -0.2) is 0 Å². The first kappa shape index (κ1) is 31.5. The van der Waals surface area contributed by atoms with Gasteiger partial charge < -0.3 is 36.2 Å². The molecule has 0 unspecified atom stereocenters. The van der Waals surface area contributed by atoms with Crippen LogP contribution >= 0.6 is 0 Å². The molecule has 7 N–H and O–H groups in total. The van der Waals surface area contributed by atoms with Crippen LogP contribution in [-0.4, -0.2) is 81.2 Å². The predicted molar refractivity (Wildman–Crippen MR) is 155 cm³/mol. The van der Waals surface area contributed by atoms with E-state index in [1.54, 1.807) is 14.1 Å². The van der Waals surface area contributed by atoms with Crippen LogP contribution in [0.4, 0.5) is 0 Å². The number of fused-ring (bicyclic) bond motifs is 3. The molecule has 230 valence electrons. The highest BCUT2D eigenvalue weighted by Crippen LogP contribution is 2.53. The molecule has 3 aliphatic rings. The number of allylic oxidation sites excluding steroid dienone is 1. The second-order valence-corrected chi connectivity index (χ2v) is 13.9. The van der Waals surface area contributed by atoms with Crippen LogP contribution in [0.1, 0.15) is 68.9 Å². The van der Waals surface area contributed by atoms with E-state index >= 15 is 0 Å². The highest BCUT2D eigenvalue weighted by Gasteiger charge is 2.63. The van der Waals surface area contributed by atoms with Gasteiger partial charge in [-0.05, 0) is 64.6 Å². The van der Waals surface area contributed by atoms with Crippen molar-refractivity contribution >= 4 is 17.5 Å². The van der Waals surface area contributed by atoms with Gasteiger partial charge in [-0.1, -0.05) is 20.8 Å². The quantitative estimate of drug-likeness (QED) is 0.260. The van der Waals surface area contributed by atoms with Crippen LogP contribution in [0.2, 0.25) is 0 Å². The first-order chi connectivity index (χ1) is 19.3. The lowest BCUT2D eigenvalue weighted by Gasteiger charge is -2.50. The molecule has 1 aromatic rings. The van der Waals surface area contributed by atoms with Crippen LogP contribution < -0.4 is 15.8 Å². The third-order valence-corrected chi connectivity index (χ3v) is 8.68. The molecule has 4 atom stereocenters. The van der Waals surface area contributed by atoms with Gasteiger partial charge >= 0.3 is 0 Å². The minimum Gasteiger partial charge on any atom is -0.510 e. The van der Waals surface area contributed by atoms with Crippen molar-refractivity contribution in [2.75, 3.05) is 21.2 Å². The molecule has 0 saturated carbocycles. The summed E-state index contributed by atoms with van der Waals surface area (Å²) in [7, 11) is 4.67. The average Bonchev–Trinajstić information content (AvgIpc) is 2.83. The van der Waals surface area contributed by atoms with Gasteiger partial charge in [0.15, 0.2) is 11.4 Å². The summed E-state index contributed by atoms with van der Waals surface area (Å²) in [5.74, 6) is -6.42. The Morgan fingerprint density at radius 1 is 1.17 bits per heavy atom. The summed E-state index contributed by atoms with van der Waals surface area (Å²) in [5.41, 5.74) is 2.54. The Morgan fingerprint density at radius 3 is 2.31 bits per heavy atom. The Hall–Kier alpha value is -3.41. The van der Waals surface area contributed by atoms with Gasteiger partial charge in [0.05, 0.1) is 18.7 Å². The van der Waals surface area contributed by atoms with Crippen LogP contribution in [0.5, 0.6) is 11.5 Å². The maximum Gasteiger partial charge on any atom is 0.255 e. The number of Topliss-reactive ketones (excluding diaryl/α,β-unsaturated/α-hetero) is 2. The lowest BCUT2D eigenvalue weighted by atomic mass is 9.58. The Kier molecular flexibility index (Phi) is 7.80. The normalized spacial score (nSPS) is 26.3. The number of primary amides is 1. The first-order valence-corrected chi connectivity index (χ1v) is 14.1. The zero-order chi connectivity index (χ0) is 31.7. The third-order valence-electron chi connectivity index (χ3n) is 8.68. The number of aromatic hydroxyl groups is 1. The van der Waals surface area contributed by atoms with Crippen molar-refractivity contribution in [2.45, 2.75) is 77.6 Å². The SMILES string of the molecule is COc1c(CNC(C)(C)CC(C)(C)C)cc(O)c2c1C[C@H]1C[C@H]3[C@H](N(C)C)C(O)=C(C(N)=O)C(=O)[C@@]3(O)C(O)=C1C2=O. The van der Waals surface area contributed by atoms with Gasteiger partial charge in [0, 0.05) is 34.7 Å². The molecular formula is C31H43N3O8. The van der Waals surface area contributed by atoms with Gasteiger partial charge in [0.1, 0.15) is 28.6 Å². The summed E-state index contributed by atoms with van der Waals surface area (Å²) in [5, 5.41) is 48.7. The van der Waals surface area contributed by atoms with Crippen LogP contribution in [0.3, 0.4) is 0 Å². The number of ketones is 2. The fourth-order valence-electron chi connectivity index (χ4n) is 7.47. The third kappa shape index (κ3) is 4.97. The summed E-state index contributed by atoms with van der Waals surface area (Å²) >= 11 is 0. The average molecular weight is 586 g/mol. The minimum atomic E-state index is -2.67. The van der Waals surface area contributed by atoms with E-state index in [1.807, 2.05) is 0 Å². The fraction of sp³-hybridized carbons (Fsp3) is 0.581. The maximum atomic E-state index is 13.9. The molecule has 0 spiro atoms. The Bertz CT molecular complexity index is 1420. The molecule has 4 rings (SSSR count). The molecule has 1 amide bonds. The lowest BCUT2D eigenvalue weighted by molar-refractivity contribution is -0.148. The number of nitrogens with two attached hydrogens (primary N) is 1. The number of carbonyl (C=O) groups is 3. The van der Waals surface area contributed by atoms with E-state index in [4.69, 9.17) is 10.5 Å². The van der Waals surface area contributed by atoms with Crippen LogP contribution in [0.15, 0.2) is 28.7 Å². The molecule has 0 radical (unpaired) electrons. The molecule has 0 heterocycles. The van der Waals surface area contributed by atoms with E-state index in [0.29, 0.717) is 23.4 Å². The number of rotatable bonds is 7. The Balaban J connectivity index is 1.83. The number of nitrogens with one attached hydrogen (secondary N) is 1. The number of hydrogen-bond donors (Lipinski definition) is 6. The van der Waals surface area contributed by atoms with Crippen molar-refractivity contribution in [3.8, 4) is 11.5 Å². The van der Waals surface area contributed by atoms with E-state index in [1.165, 1.54) is 18.1 Å². The number of phenols is 1. The largest absolute Gasteiger partial charge is 0.510 e. The highest BCUT2D eigenvalue weighted by atomic mass is 16.5. The summed E-state index contributed by atoms with van der Waals surface area (Å²) in [6.07, 6.45) is 1.04. The maximum absolute atomic E-state index is 13.9. The molecule has 0 aliphatic heterocycles. The molecule has 0 fully saturated rings. The summed E-state index contributed by atoms with van der Waals surface area (Å²) in [6.45, 7) is 11.0. The van der Waals surface area contributed by atoms with Crippen LogP contribution in [0, 0.1) is 17.3 Å². The second kappa shape index (κ2) is 10.4. The summed E-state index contributed by atoms with van der Waals surface area (Å²) in [6, 6.07) is 0.402. The minimum absolute atomic E-state index is 0.0107. The van der Waals surface area contributed by atoms with Gasteiger partial charge in [-0.3, -0.25) is 19.3 Å². The number of aliphatic hydroxyl groups is 3. The van der Waals surface area contributed by atoms with E-state index in [0.717, 1.165) is 6.42 Å². The topological polar surface area (TPSA) is 183 Å². The van der Waals surface area contributed by atoms with Crippen LogP contribution in [0.25, 0.3) is 0 Å². The number of nitrogens with zero attached hydrogens (tertiary/aromatic N) is 1. The Labute approximate surface area is 246 Å². The number of aliphatic hydroxyl groups excluding tert-OH is 2. The Morgan fingerprint density at radius 2 is 1.79 bits per heavy atom. The number of amides is 1. The molecule has 11 nitrogen and oxygen atoms in total. The van der Waals surface area contributed by atoms with Gasteiger partial charge in [-0.2, -0.15) is 0 Å². The van der Waals surface area contributed by atoms with E-state index in [2.05, 4.69) is 39.9 Å². The molecule has 0 saturated heterocycles. The lowest BCUT2D eigenvalue weighted by Crippen LogP contribution is -2.63. The van der Waals surface area contributed by atoms with E-state index < -0.39 is 58.0 Å². The van der Waals surface area contributed by atoms with Crippen molar-refractivity contribution in [1.29, 1.82) is 0 Å². The van der Waals surface area contributed by atoms with Gasteiger partial charge in [0.25, 0.3) is 5.91 Å². The smallest absolute Gasteiger partial charge is 0.255 e. The van der Waals surface area contributed by atoms with E-state index in [9.17, 15) is 34.8 Å². The van der Waals surface area contributed by atoms with Crippen molar-refractivity contribution in [1.82, 2.24) is 10.2 Å². The first-order valence-electron chi connectivity index (χ1n) is 14.1.